The lowest BCUT2D eigenvalue weighted by molar-refractivity contribution is -0.0900. The first kappa shape index (κ1) is 8.52. The summed E-state index contributed by atoms with van der Waals surface area (Å²) in [4.78, 5) is 0. The van der Waals surface area contributed by atoms with Gasteiger partial charge in [-0.25, -0.2) is 0 Å². The molecular weight excluding hydrogens is 152 g/mol. The Bertz CT molecular complexity index is 129. The van der Waals surface area contributed by atoms with Crippen LogP contribution in [-0.4, -0.2) is 25.4 Å². The second kappa shape index (κ2) is 3.75. The molecule has 2 aliphatic rings. The van der Waals surface area contributed by atoms with E-state index in [1.54, 1.807) is 0 Å². The van der Waals surface area contributed by atoms with Crippen molar-refractivity contribution in [3.05, 3.63) is 0 Å². The summed E-state index contributed by atoms with van der Waals surface area (Å²) in [6, 6.07) is 0. The molecule has 70 valence electrons. The van der Waals surface area contributed by atoms with Crippen LogP contribution in [-0.2, 0) is 9.47 Å². The van der Waals surface area contributed by atoms with E-state index in [0.717, 1.165) is 26.2 Å². The van der Waals surface area contributed by atoms with Gasteiger partial charge in [-0.15, -0.1) is 0 Å². The third-order valence-electron chi connectivity index (χ3n) is 2.97. The smallest absolute Gasteiger partial charge is 0.0914 e. The molecular formula is C10H18O2. The topological polar surface area (TPSA) is 18.5 Å². The van der Waals surface area contributed by atoms with Gasteiger partial charge in [0.15, 0.2) is 0 Å². The molecule has 12 heavy (non-hydrogen) atoms. The Kier molecular flexibility index (Phi) is 2.66. The minimum atomic E-state index is 0.120. The zero-order valence-electron chi connectivity index (χ0n) is 7.68. The fourth-order valence-electron chi connectivity index (χ4n) is 2.23. The van der Waals surface area contributed by atoms with Gasteiger partial charge in [0.05, 0.1) is 12.2 Å². The normalized spacial score (nSPS) is 30.0. The molecule has 0 aromatic rings. The van der Waals surface area contributed by atoms with Crippen molar-refractivity contribution in [3.8, 4) is 0 Å². The van der Waals surface area contributed by atoms with Crippen molar-refractivity contribution in [3.63, 3.8) is 0 Å². The van der Waals surface area contributed by atoms with Crippen LogP contribution in [0, 0.1) is 0 Å². The molecule has 1 spiro atoms. The van der Waals surface area contributed by atoms with Crippen molar-refractivity contribution in [2.45, 2.75) is 44.1 Å². The van der Waals surface area contributed by atoms with E-state index in [1.165, 1.54) is 32.1 Å². The first-order valence-electron chi connectivity index (χ1n) is 5.13. The Labute approximate surface area is 74.2 Å². The van der Waals surface area contributed by atoms with Crippen molar-refractivity contribution in [1.29, 1.82) is 0 Å². The van der Waals surface area contributed by atoms with Crippen LogP contribution in [0.5, 0.6) is 0 Å². The lowest BCUT2D eigenvalue weighted by atomic mass is 9.85. The maximum atomic E-state index is 5.91. The highest BCUT2D eigenvalue weighted by molar-refractivity contribution is 4.85. The molecule has 0 N–H and O–H groups in total. The van der Waals surface area contributed by atoms with Gasteiger partial charge in [0.2, 0.25) is 0 Å². The molecule has 0 aromatic carbocycles. The molecule has 1 aliphatic heterocycles. The van der Waals surface area contributed by atoms with Crippen LogP contribution >= 0.6 is 0 Å². The van der Waals surface area contributed by atoms with E-state index in [2.05, 4.69) is 0 Å². The van der Waals surface area contributed by atoms with Crippen LogP contribution in [0.4, 0.5) is 0 Å². The van der Waals surface area contributed by atoms with E-state index in [-0.39, 0.29) is 5.60 Å². The summed E-state index contributed by atoms with van der Waals surface area (Å²) < 4.78 is 11.5. The third kappa shape index (κ3) is 1.80. The average molecular weight is 170 g/mol. The monoisotopic (exact) mass is 170 g/mol. The van der Waals surface area contributed by atoms with Crippen LogP contribution in [0.1, 0.15) is 38.5 Å². The molecule has 1 saturated heterocycles. The number of hydrogen-bond donors (Lipinski definition) is 0. The van der Waals surface area contributed by atoms with Gasteiger partial charge in [0.1, 0.15) is 0 Å². The maximum absolute atomic E-state index is 5.91. The molecule has 2 heteroatoms. The Morgan fingerprint density at radius 1 is 0.833 bits per heavy atom. The van der Waals surface area contributed by atoms with Crippen LogP contribution in [0.2, 0.25) is 0 Å². The lowest BCUT2D eigenvalue weighted by Gasteiger charge is -2.35. The summed E-state index contributed by atoms with van der Waals surface area (Å²) >= 11 is 0. The summed E-state index contributed by atoms with van der Waals surface area (Å²) in [5.41, 5.74) is 0.120. The predicted molar refractivity (Wildman–Crippen MR) is 47.2 cm³/mol. The minimum absolute atomic E-state index is 0.120. The second-order valence-corrected chi connectivity index (χ2v) is 4.00. The van der Waals surface area contributed by atoms with Crippen LogP contribution in [0.3, 0.4) is 0 Å². The Balaban J connectivity index is 1.95. The molecule has 1 saturated carbocycles. The molecule has 0 unspecified atom stereocenters. The number of ether oxygens (including phenoxy) is 2. The fraction of sp³-hybridized carbons (Fsp3) is 1.00. The summed E-state index contributed by atoms with van der Waals surface area (Å²) in [5, 5.41) is 0. The highest BCUT2D eigenvalue weighted by atomic mass is 16.6. The largest absolute Gasteiger partial charge is 0.378 e. The van der Waals surface area contributed by atoms with Gasteiger partial charge < -0.3 is 9.47 Å². The zero-order chi connectivity index (χ0) is 8.28. The van der Waals surface area contributed by atoms with Gasteiger partial charge in [0.25, 0.3) is 0 Å². The summed E-state index contributed by atoms with van der Waals surface area (Å²) in [6.45, 7) is 2.63. The molecule has 0 atom stereocenters. The zero-order valence-corrected chi connectivity index (χ0v) is 7.68. The number of rotatable bonds is 0. The summed E-state index contributed by atoms with van der Waals surface area (Å²) in [6.07, 6.45) is 7.53. The second-order valence-electron chi connectivity index (χ2n) is 4.00. The average Bonchev–Trinajstić information content (AvgIpc) is 2.33. The molecule has 0 aromatic heterocycles. The summed E-state index contributed by atoms with van der Waals surface area (Å²) in [5.74, 6) is 0. The number of hydrogen-bond acceptors (Lipinski definition) is 2. The van der Waals surface area contributed by atoms with E-state index in [4.69, 9.17) is 9.47 Å². The quantitative estimate of drug-likeness (QED) is 0.554. The van der Waals surface area contributed by atoms with Crippen molar-refractivity contribution in [2.75, 3.05) is 19.8 Å². The maximum Gasteiger partial charge on any atom is 0.0914 e. The third-order valence-corrected chi connectivity index (χ3v) is 2.97. The molecule has 0 amide bonds. The molecule has 0 radical (unpaired) electrons. The van der Waals surface area contributed by atoms with Crippen molar-refractivity contribution >= 4 is 0 Å². The van der Waals surface area contributed by atoms with E-state index < -0.39 is 0 Å². The van der Waals surface area contributed by atoms with Gasteiger partial charge in [-0.2, -0.15) is 0 Å². The molecule has 2 fully saturated rings. The SMILES string of the molecule is C1CCC2(CC1)COCCCO2. The van der Waals surface area contributed by atoms with Crippen molar-refractivity contribution in [1.82, 2.24) is 0 Å². The van der Waals surface area contributed by atoms with Gasteiger partial charge >= 0.3 is 0 Å². The Morgan fingerprint density at radius 2 is 1.67 bits per heavy atom. The van der Waals surface area contributed by atoms with Crippen molar-refractivity contribution in [2.24, 2.45) is 0 Å². The van der Waals surface area contributed by atoms with E-state index >= 15 is 0 Å². The molecule has 2 rings (SSSR count). The van der Waals surface area contributed by atoms with Gasteiger partial charge in [0, 0.05) is 13.2 Å². The van der Waals surface area contributed by atoms with E-state index in [9.17, 15) is 0 Å². The summed E-state index contributed by atoms with van der Waals surface area (Å²) in [7, 11) is 0. The Hall–Kier alpha value is -0.0800. The van der Waals surface area contributed by atoms with Gasteiger partial charge in [-0.05, 0) is 19.3 Å². The minimum Gasteiger partial charge on any atom is -0.378 e. The molecule has 2 nitrogen and oxygen atoms in total. The van der Waals surface area contributed by atoms with Crippen LogP contribution in [0.15, 0.2) is 0 Å². The molecule has 1 heterocycles. The van der Waals surface area contributed by atoms with Crippen LogP contribution in [0.25, 0.3) is 0 Å². The van der Waals surface area contributed by atoms with E-state index in [0.29, 0.717) is 0 Å². The predicted octanol–water partition coefficient (Wildman–Crippen LogP) is 2.13. The molecule has 1 aliphatic carbocycles. The van der Waals surface area contributed by atoms with Gasteiger partial charge in [-0.1, -0.05) is 19.3 Å². The Morgan fingerprint density at radius 3 is 2.50 bits per heavy atom. The highest BCUT2D eigenvalue weighted by Gasteiger charge is 2.34. The van der Waals surface area contributed by atoms with Crippen molar-refractivity contribution < 1.29 is 9.47 Å². The van der Waals surface area contributed by atoms with Crippen LogP contribution < -0.4 is 0 Å². The lowest BCUT2D eigenvalue weighted by Crippen LogP contribution is -2.38. The standard InChI is InChI=1S/C10H18O2/c1-2-5-10(6-3-1)9-11-7-4-8-12-10/h1-9H2. The van der Waals surface area contributed by atoms with Gasteiger partial charge in [-0.3, -0.25) is 0 Å². The first-order valence-corrected chi connectivity index (χ1v) is 5.13. The van der Waals surface area contributed by atoms with E-state index in [1.807, 2.05) is 0 Å². The highest BCUT2D eigenvalue weighted by Crippen LogP contribution is 2.33. The molecule has 0 bridgehead atoms. The fourth-order valence-corrected chi connectivity index (χ4v) is 2.23. The first-order chi connectivity index (χ1) is 5.91.